The zero-order valence-corrected chi connectivity index (χ0v) is 8.41. The van der Waals surface area contributed by atoms with Crippen molar-refractivity contribution in [3.63, 3.8) is 0 Å². The first-order chi connectivity index (χ1) is 6.65. The standard InChI is InChI=1S/C11H14O3/c1-3-14-7-10-5-4-9(11(12)13)6-8(10)2/h4-6H,3,7H2,1-2H3,(H,12,13). The average Bonchev–Trinajstić information content (AvgIpc) is 2.15. The molecule has 1 aromatic carbocycles. The Morgan fingerprint density at radius 1 is 1.50 bits per heavy atom. The van der Waals surface area contributed by atoms with Gasteiger partial charge in [-0.15, -0.1) is 0 Å². The first-order valence-electron chi connectivity index (χ1n) is 4.55. The van der Waals surface area contributed by atoms with Crippen LogP contribution >= 0.6 is 0 Å². The molecule has 0 saturated heterocycles. The van der Waals surface area contributed by atoms with Crippen LogP contribution < -0.4 is 0 Å². The van der Waals surface area contributed by atoms with Gasteiger partial charge in [0.2, 0.25) is 0 Å². The summed E-state index contributed by atoms with van der Waals surface area (Å²) in [5.41, 5.74) is 2.32. The minimum Gasteiger partial charge on any atom is -0.478 e. The van der Waals surface area contributed by atoms with Crippen molar-refractivity contribution in [3.05, 3.63) is 34.9 Å². The first kappa shape index (κ1) is 10.7. The fourth-order valence-electron chi connectivity index (χ4n) is 1.20. The van der Waals surface area contributed by atoms with Gasteiger partial charge in [0, 0.05) is 6.61 Å². The van der Waals surface area contributed by atoms with E-state index in [2.05, 4.69) is 0 Å². The molecule has 0 unspecified atom stereocenters. The van der Waals surface area contributed by atoms with E-state index in [1.165, 1.54) is 0 Å². The van der Waals surface area contributed by atoms with Crippen LogP contribution in [0.15, 0.2) is 18.2 Å². The lowest BCUT2D eigenvalue weighted by atomic mass is 10.1. The molecule has 0 radical (unpaired) electrons. The van der Waals surface area contributed by atoms with E-state index in [0.29, 0.717) is 18.8 Å². The van der Waals surface area contributed by atoms with Crippen LogP contribution in [0.3, 0.4) is 0 Å². The van der Waals surface area contributed by atoms with Crippen LogP contribution in [0, 0.1) is 6.92 Å². The summed E-state index contributed by atoms with van der Waals surface area (Å²) in [5.74, 6) is -0.893. The number of ether oxygens (including phenoxy) is 1. The predicted molar refractivity (Wildman–Crippen MR) is 53.5 cm³/mol. The molecule has 0 saturated carbocycles. The molecule has 0 aliphatic carbocycles. The Hall–Kier alpha value is -1.35. The molecular weight excluding hydrogens is 180 g/mol. The zero-order chi connectivity index (χ0) is 10.6. The summed E-state index contributed by atoms with van der Waals surface area (Å²) in [6.45, 7) is 5.03. The maximum Gasteiger partial charge on any atom is 0.335 e. The van der Waals surface area contributed by atoms with Gasteiger partial charge in [-0.05, 0) is 37.1 Å². The summed E-state index contributed by atoms with van der Waals surface area (Å²) < 4.78 is 5.25. The highest BCUT2D eigenvalue weighted by molar-refractivity contribution is 5.87. The molecule has 76 valence electrons. The highest BCUT2D eigenvalue weighted by Gasteiger charge is 2.05. The average molecular weight is 194 g/mol. The summed E-state index contributed by atoms with van der Waals surface area (Å²) in [4.78, 5) is 10.6. The van der Waals surface area contributed by atoms with Crippen molar-refractivity contribution in [1.82, 2.24) is 0 Å². The number of rotatable bonds is 4. The highest BCUT2D eigenvalue weighted by atomic mass is 16.5. The first-order valence-corrected chi connectivity index (χ1v) is 4.55. The molecule has 0 bridgehead atoms. The Morgan fingerprint density at radius 2 is 2.21 bits per heavy atom. The SMILES string of the molecule is CCOCc1ccc(C(=O)O)cc1C. The fourth-order valence-corrected chi connectivity index (χ4v) is 1.20. The lowest BCUT2D eigenvalue weighted by molar-refractivity contribution is 0.0696. The maximum absolute atomic E-state index is 10.6. The van der Waals surface area contributed by atoms with Gasteiger partial charge in [0.1, 0.15) is 0 Å². The predicted octanol–water partition coefficient (Wildman–Crippen LogP) is 2.23. The molecule has 0 heterocycles. The molecule has 0 aliphatic heterocycles. The van der Waals surface area contributed by atoms with Crippen molar-refractivity contribution in [2.75, 3.05) is 6.61 Å². The number of aryl methyl sites for hydroxylation is 1. The van der Waals surface area contributed by atoms with Gasteiger partial charge in [-0.25, -0.2) is 4.79 Å². The molecule has 14 heavy (non-hydrogen) atoms. The van der Waals surface area contributed by atoms with Crippen molar-refractivity contribution in [2.45, 2.75) is 20.5 Å². The molecule has 0 aliphatic rings. The van der Waals surface area contributed by atoms with Crippen LogP contribution in [0.5, 0.6) is 0 Å². The monoisotopic (exact) mass is 194 g/mol. The smallest absolute Gasteiger partial charge is 0.335 e. The number of hydrogen-bond donors (Lipinski definition) is 1. The summed E-state index contributed by atoms with van der Waals surface area (Å²) >= 11 is 0. The number of carboxylic acid groups (broad SMARTS) is 1. The Kier molecular flexibility index (Phi) is 3.65. The molecule has 0 spiro atoms. The number of carboxylic acids is 1. The quantitative estimate of drug-likeness (QED) is 0.799. The van der Waals surface area contributed by atoms with E-state index in [1.54, 1.807) is 18.2 Å². The molecule has 0 aromatic heterocycles. The Balaban J connectivity index is 2.84. The van der Waals surface area contributed by atoms with Crippen LogP contribution in [0.4, 0.5) is 0 Å². The molecule has 1 rings (SSSR count). The summed E-state index contributed by atoms with van der Waals surface area (Å²) in [5, 5.41) is 8.74. The third kappa shape index (κ3) is 2.57. The van der Waals surface area contributed by atoms with Crippen LogP contribution in [0.2, 0.25) is 0 Å². The van der Waals surface area contributed by atoms with Gasteiger partial charge >= 0.3 is 5.97 Å². The largest absolute Gasteiger partial charge is 0.478 e. The Morgan fingerprint density at radius 3 is 2.71 bits per heavy atom. The molecule has 1 aromatic rings. The molecular formula is C11H14O3. The van der Waals surface area contributed by atoms with Gasteiger partial charge in [0.15, 0.2) is 0 Å². The second-order valence-electron chi connectivity index (χ2n) is 3.08. The summed E-state index contributed by atoms with van der Waals surface area (Å²) in [7, 11) is 0. The minimum absolute atomic E-state index is 0.322. The molecule has 0 amide bonds. The Bertz CT molecular complexity index is 331. The summed E-state index contributed by atoms with van der Waals surface area (Å²) in [6.07, 6.45) is 0. The fraction of sp³-hybridized carbons (Fsp3) is 0.364. The molecule has 0 fully saturated rings. The third-order valence-corrected chi connectivity index (χ3v) is 2.05. The number of benzene rings is 1. The molecule has 0 atom stereocenters. The highest BCUT2D eigenvalue weighted by Crippen LogP contribution is 2.12. The minimum atomic E-state index is -0.893. The van der Waals surface area contributed by atoms with Gasteiger partial charge in [-0.2, -0.15) is 0 Å². The molecule has 3 nitrogen and oxygen atoms in total. The van der Waals surface area contributed by atoms with Gasteiger partial charge in [-0.1, -0.05) is 6.07 Å². The topological polar surface area (TPSA) is 46.5 Å². The maximum atomic E-state index is 10.6. The van der Waals surface area contributed by atoms with Gasteiger partial charge in [0.05, 0.1) is 12.2 Å². The zero-order valence-electron chi connectivity index (χ0n) is 8.41. The van der Waals surface area contributed by atoms with Gasteiger partial charge in [0.25, 0.3) is 0 Å². The van der Waals surface area contributed by atoms with Crippen LogP contribution in [-0.2, 0) is 11.3 Å². The van der Waals surface area contributed by atoms with Crippen LogP contribution in [-0.4, -0.2) is 17.7 Å². The van der Waals surface area contributed by atoms with Crippen molar-refractivity contribution < 1.29 is 14.6 Å². The van der Waals surface area contributed by atoms with E-state index in [4.69, 9.17) is 9.84 Å². The van der Waals surface area contributed by atoms with Crippen molar-refractivity contribution >= 4 is 5.97 Å². The van der Waals surface area contributed by atoms with Gasteiger partial charge in [-0.3, -0.25) is 0 Å². The van der Waals surface area contributed by atoms with E-state index in [-0.39, 0.29) is 0 Å². The van der Waals surface area contributed by atoms with E-state index in [0.717, 1.165) is 11.1 Å². The van der Waals surface area contributed by atoms with Crippen molar-refractivity contribution in [1.29, 1.82) is 0 Å². The summed E-state index contributed by atoms with van der Waals surface area (Å²) in [6, 6.07) is 5.06. The number of carbonyl (C=O) groups is 1. The number of hydrogen-bond acceptors (Lipinski definition) is 2. The van der Waals surface area contributed by atoms with Crippen molar-refractivity contribution in [2.24, 2.45) is 0 Å². The molecule has 3 heteroatoms. The van der Waals surface area contributed by atoms with Crippen molar-refractivity contribution in [3.8, 4) is 0 Å². The Labute approximate surface area is 83.3 Å². The second kappa shape index (κ2) is 4.77. The second-order valence-corrected chi connectivity index (χ2v) is 3.08. The van der Waals surface area contributed by atoms with Gasteiger partial charge < -0.3 is 9.84 Å². The molecule has 1 N–H and O–H groups in total. The van der Waals surface area contributed by atoms with Crippen LogP contribution in [0.25, 0.3) is 0 Å². The third-order valence-electron chi connectivity index (χ3n) is 2.05. The van der Waals surface area contributed by atoms with E-state index >= 15 is 0 Å². The van der Waals surface area contributed by atoms with E-state index in [9.17, 15) is 4.79 Å². The van der Waals surface area contributed by atoms with Crippen LogP contribution in [0.1, 0.15) is 28.4 Å². The van der Waals surface area contributed by atoms with E-state index < -0.39 is 5.97 Å². The normalized spacial score (nSPS) is 10.1. The number of aromatic carboxylic acids is 1. The van der Waals surface area contributed by atoms with E-state index in [1.807, 2.05) is 13.8 Å². The lowest BCUT2D eigenvalue weighted by Gasteiger charge is -2.06. The lowest BCUT2D eigenvalue weighted by Crippen LogP contribution is -2.00.